The molecule has 1 N–H and O–H groups in total. The van der Waals surface area contributed by atoms with Gasteiger partial charge in [0.2, 0.25) is 11.8 Å². The third-order valence-corrected chi connectivity index (χ3v) is 4.99. The van der Waals surface area contributed by atoms with Crippen LogP contribution in [0.2, 0.25) is 0 Å². The van der Waals surface area contributed by atoms with Crippen LogP contribution in [0.15, 0.2) is 29.8 Å². The number of methoxy groups -OCH3 is 2. The van der Waals surface area contributed by atoms with Crippen LogP contribution < -0.4 is 19.7 Å². The van der Waals surface area contributed by atoms with Crippen LogP contribution in [0.5, 0.6) is 11.5 Å². The number of benzene rings is 1. The van der Waals surface area contributed by atoms with Gasteiger partial charge in [0.25, 0.3) is 0 Å². The highest BCUT2D eigenvalue weighted by Gasteiger charge is 2.34. The van der Waals surface area contributed by atoms with Gasteiger partial charge in [-0.2, -0.15) is 0 Å². The van der Waals surface area contributed by atoms with Gasteiger partial charge in [-0.15, -0.1) is 0 Å². The van der Waals surface area contributed by atoms with Gasteiger partial charge in [-0.3, -0.25) is 9.59 Å². The summed E-state index contributed by atoms with van der Waals surface area (Å²) in [7, 11) is 3.15. The number of carbonyl (C=O) groups is 2. The molecule has 0 bridgehead atoms. The first-order chi connectivity index (χ1) is 12.6. The Bertz CT molecular complexity index is 692. The topological polar surface area (TPSA) is 67.9 Å². The Morgan fingerprint density at radius 2 is 1.85 bits per heavy atom. The predicted octanol–water partition coefficient (Wildman–Crippen LogP) is 2.82. The summed E-state index contributed by atoms with van der Waals surface area (Å²) in [6.45, 7) is 0.555. The van der Waals surface area contributed by atoms with Crippen LogP contribution in [-0.2, 0) is 9.59 Å². The molecular weight excluding hydrogens is 332 g/mol. The van der Waals surface area contributed by atoms with Crippen LogP contribution in [0.1, 0.15) is 38.5 Å². The second-order valence-corrected chi connectivity index (χ2v) is 6.70. The van der Waals surface area contributed by atoms with Crippen LogP contribution in [0.4, 0.5) is 5.69 Å². The van der Waals surface area contributed by atoms with Crippen LogP contribution in [0, 0.1) is 0 Å². The Labute approximate surface area is 154 Å². The van der Waals surface area contributed by atoms with Gasteiger partial charge in [0.1, 0.15) is 17.5 Å². The van der Waals surface area contributed by atoms with Gasteiger partial charge in [-0.25, -0.2) is 0 Å². The van der Waals surface area contributed by atoms with Gasteiger partial charge in [0.05, 0.1) is 19.9 Å². The Balaban J connectivity index is 1.70. The van der Waals surface area contributed by atoms with Gasteiger partial charge >= 0.3 is 0 Å². The lowest BCUT2D eigenvalue weighted by Crippen LogP contribution is -2.42. The minimum Gasteiger partial charge on any atom is -0.497 e. The lowest BCUT2D eigenvalue weighted by atomic mass is 10.1. The van der Waals surface area contributed by atoms with E-state index in [1.54, 1.807) is 37.3 Å². The molecule has 1 aliphatic carbocycles. The maximum absolute atomic E-state index is 12.8. The number of hydrogen-bond acceptors (Lipinski definition) is 4. The highest BCUT2D eigenvalue weighted by atomic mass is 16.5. The van der Waals surface area contributed by atoms with Crippen LogP contribution in [0.3, 0.4) is 0 Å². The molecule has 6 heteroatoms. The number of rotatable bonds is 5. The van der Waals surface area contributed by atoms with Crippen molar-refractivity contribution in [1.29, 1.82) is 0 Å². The van der Waals surface area contributed by atoms with Crippen LogP contribution in [0.25, 0.3) is 0 Å². The fourth-order valence-electron chi connectivity index (χ4n) is 3.49. The normalized spacial score (nSPS) is 20.4. The van der Waals surface area contributed by atoms with Crippen LogP contribution in [-0.4, -0.2) is 38.6 Å². The second kappa shape index (κ2) is 8.25. The SMILES string of the molecule is COc1cc(OC)cc(N2CC[C@H](NC(=O)C3=CCCCCC3)C2=O)c1. The average molecular weight is 358 g/mol. The molecular formula is C20H26N2O4. The minimum absolute atomic E-state index is 0.0946. The molecule has 1 aromatic rings. The molecule has 0 aromatic heterocycles. The third-order valence-electron chi connectivity index (χ3n) is 4.99. The molecule has 140 valence electrons. The summed E-state index contributed by atoms with van der Waals surface area (Å²) in [5.41, 5.74) is 1.54. The fraction of sp³-hybridized carbons (Fsp3) is 0.500. The monoisotopic (exact) mass is 358 g/mol. The molecule has 1 aromatic carbocycles. The molecule has 1 heterocycles. The number of allylic oxidation sites excluding steroid dienone is 1. The summed E-state index contributed by atoms with van der Waals surface area (Å²) in [6, 6.07) is 4.89. The molecule has 3 rings (SSSR count). The lowest BCUT2D eigenvalue weighted by Gasteiger charge is -2.19. The molecule has 2 aliphatic rings. The Morgan fingerprint density at radius 3 is 2.54 bits per heavy atom. The zero-order chi connectivity index (χ0) is 18.5. The van der Waals surface area contributed by atoms with Crippen molar-refractivity contribution in [2.75, 3.05) is 25.7 Å². The fourth-order valence-corrected chi connectivity index (χ4v) is 3.49. The molecule has 2 amide bonds. The van der Waals surface area contributed by atoms with Gasteiger partial charge in [0.15, 0.2) is 0 Å². The van der Waals surface area contributed by atoms with Crippen molar-refractivity contribution in [3.8, 4) is 11.5 Å². The number of anilines is 1. The second-order valence-electron chi connectivity index (χ2n) is 6.70. The summed E-state index contributed by atoms with van der Waals surface area (Å²) < 4.78 is 10.6. The van der Waals surface area contributed by atoms with E-state index in [-0.39, 0.29) is 11.8 Å². The van der Waals surface area contributed by atoms with E-state index in [0.717, 1.165) is 43.4 Å². The van der Waals surface area contributed by atoms with E-state index < -0.39 is 6.04 Å². The molecule has 0 unspecified atom stereocenters. The van der Waals surface area contributed by atoms with E-state index in [4.69, 9.17) is 9.47 Å². The van der Waals surface area contributed by atoms with Crippen molar-refractivity contribution < 1.29 is 19.1 Å². The molecule has 1 fully saturated rings. The van der Waals surface area contributed by atoms with Crippen molar-refractivity contribution in [2.24, 2.45) is 0 Å². The third kappa shape index (κ3) is 4.00. The van der Waals surface area contributed by atoms with E-state index in [0.29, 0.717) is 24.5 Å². The minimum atomic E-state index is -0.483. The van der Waals surface area contributed by atoms with Gasteiger partial charge in [-0.05, 0) is 32.1 Å². The quantitative estimate of drug-likeness (QED) is 0.879. The highest BCUT2D eigenvalue weighted by molar-refractivity contribution is 6.03. The van der Waals surface area contributed by atoms with Crippen molar-refractivity contribution in [3.05, 3.63) is 29.8 Å². The number of nitrogens with one attached hydrogen (secondary N) is 1. The molecule has 0 radical (unpaired) electrons. The van der Waals surface area contributed by atoms with E-state index >= 15 is 0 Å². The van der Waals surface area contributed by atoms with Crippen molar-refractivity contribution in [1.82, 2.24) is 5.32 Å². The van der Waals surface area contributed by atoms with Gasteiger partial charge in [0, 0.05) is 30.3 Å². The van der Waals surface area contributed by atoms with Gasteiger partial charge in [-0.1, -0.05) is 12.5 Å². The van der Waals surface area contributed by atoms with Crippen molar-refractivity contribution in [3.63, 3.8) is 0 Å². The Morgan fingerprint density at radius 1 is 1.12 bits per heavy atom. The molecule has 1 atom stereocenters. The zero-order valence-corrected chi connectivity index (χ0v) is 15.4. The Kier molecular flexibility index (Phi) is 5.81. The number of nitrogens with zero attached hydrogens (tertiary/aromatic N) is 1. The first-order valence-electron chi connectivity index (χ1n) is 9.16. The predicted molar refractivity (Wildman–Crippen MR) is 99.6 cm³/mol. The van der Waals surface area contributed by atoms with Gasteiger partial charge < -0.3 is 19.7 Å². The first-order valence-corrected chi connectivity index (χ1v) is 9.16. The van der Waals surface area contributed by atoms with Crippen molar-refractivity contribution in [2.45, 2.75) is 44.6 Å². The molecule has 26 heavy (non-hydrogen) atoms. The molecule has 1 aliphatic heterocycles. The smallest absolute Gasteiger partial charge is 0.249 e. The van der Waals surface area contributed by atoms with E-state index in [9.17, 15) is 9.59 Å². The number of hydrogen-bond donors (Lipinski definition) is 1. The van der Waals surface area contributed by atoms with Crippen molar-refractivity contribution >= 4 is 17.5 Å². The summed E-state index contributed by atoms with van der Waals surface area (Å²) in [4.78, 5) is 27.0. The van der Waals surface area contributed by atoms with E-state index in [1.165, 1.54) is 0 Å². The largest absolute Gasteiger partial charge is 0.497 e. The summed E-state index contributed by atoms with van der Waals surface area (Å²) in [6.07, 6.45) is 7.67. The molecule has 0 spiro atoms. The average Bonchev–Trinajstić information content (AvgIpc) is 2.87. The maximum Gasteiger partial charge on any atom is 0.249 e. The molecule has 1 saturated heterocycles. The standard InChI is InChI=1S/C20H26N2O4/c1-25-16-11-15(12-17(13-16)26-2)22-10-9-18(20(22)24)21-19(23)14-7-5-3-4-6-8-14/h7,11-13,18H,3-6,8-10H2,1-2H3,(H,21,23)/t18-/m0/s1. The summed E-state index contributed by atoms with van der Waals surface area (Å²) in [5.74, 6) is 1.06. The summed E-state index contributed by atoms with van der Waals surface area (Å²) >= 11 is 0. The van der Waals surface area contributed by atoms with E-state index in [2.05, 4.69) is 5.32 Å². The number of ether oxygens (including phenoxy) is 2. The highest BCUT2D eigenvalue weighted by Crippen LogP contribution is 2.31. The molecule has 6 nitrogen and oxygen atoms in total. The number of carbonyl (C=O) groups excluding carboxylic acids is 2. The van der Waals surface area contributed by atoms with E-state index in [1.807, 2.05) is 6.08 Å². The zero-order valence-electron chi connectivity index (χ0n) is 15.4. The summed E-state index contributed by atoms with van der Waals surface area (Å²) in [5, 5.41) is 2.92. The van der Waals surface area contributed by atoms with Crippen LogP contribution >= 0.6 is 0 Å². The molecule has 0 saturated carbocycles. The lowest BCUT2D eigenvalue weighted by molar-refractivity contribution is -0.124. The Hall–Kier alpha value is -2.50. The maximum atomic E-state index is 12.8. The number of amides is 2. The first kappa shape index (κ1) is 18.3.